The number of benzene rings is 1. The van der Waals surface area contributed by atoms with Gasteiger partial charge in [0.1, 0.15) is 5.58 Å². The molecule has 1 unspecified atom stereocenters. The summed E-state index contributed by atoms with van der Waals surface area (Å²) in [5, 5.41) is 1.08. The van der Waals surface area contributed by atoms with Crippen molar-refractivity contribution in [3.63, 3.8) is 0 Å². The van der Waals surface area contributed by atoms with Crippen LogP contribution in [0.4, 0.5) is 0 Å². The number of hydrogen-bond donors (Lipinski definition) is 1. The van der Waals surface area contributed by atoms with Crippen molar-refractivity contribution in [2.75, 3.05) is 0 Å². The molecule has 0 bridgehead atoms. The van der Waals surface area contributed by atoms with Gasteiger partial charge in [-0.3, -0.25) is 0 Å². The Morgan fingerprint density at radius 3 is 3.00 bits per heavy atom. The van der Waals surface area contributed by atoms with E-state index in [4.69, 9.17) is 10.2 Å². The van der Waals surface area contributed by atoms with Crippen molar-refractivity contribution in [1.82, 2.24) is 0 Å². The molecule has 0 saturated carbocycles. The molecular weight excluding hydrogens is 162 g/mol. The van der Waals surface area contributed by atoms with Gasteiger partial charge in [0.2, 0.25) is 0 Å². The molecule has 0 aliphatic carbocycles. The molecule has 0 fully saturated rings. The zero-order valence-corrected chi connectivity index (χ0v) is 7.23. The summed E-state index contributed by atoms with van der Waals surface area (Å²) < 4.78 is 5.22. The van der Waals surface area contributed by atoms with Crippen LogP contribution in [0.1, 0.15) is 11.6 Å². The first-order valence-corrected chi connectivity index (χ1v) is 4.16. The van der Waals surface area contributed by atoms with Crippen LogP contribution in [0.15, 0.2) is 47.6 Å². The molecule has 66 valence electrons. The Kier molecular flexibility index (Phi) is 1.91. The Hall–Kier alpha value is -1.54. The molecule has 1 aromatic carbocycles. The lowest BCUT2D eigenvalue weighted by atomic mass is 10.1. The summed E-state index contributed by atoms with van der Waals surface area (Å²) in [5.41, 5.74) is 7.75. The van der Waals surface area contributed by atoms with Gasteiger partial charge in [0, 0.05) is 11.4 Å². The topological polar surface area (TPSA) is 39.2 Å². The predicted octanol–water partition coefficient (Wildman–Crippen LogP) is 2.62. The molecule has 13 heavy (non-hydrogen) atoms. The van der Waals surface area contributed by atoms with E-state index in [2.05, 4.69) is 6.58 Å². The van der Waals surface area contributed by atoms with Crippen LogP contribution < -0.4 is 5.73 Å². The minimum absolute atomic E-state index is 0.0979. The molecule has 0 aliphatic heterocycles. The van der Waals surface area contributed by atoms with Gasteiger partial charge in [0.25, 0.3) is 0 Å². The van der Waals surface area contributed by atoms with Crippen molar-refractivity contribution >= 4 is 11.0 Å². The van der Waals surface area contributed by atoms with Crippen molar-refractivity contribution in [3.8, 4) is 0 Å². The highest BCUT2D eigenvalue weighted by atomic mass is 16.3. The van der Waals surface area contributed by atoms with Gasteiger partial charge in [-0.15, -0.1) is 6.58 Å². The third kappa shape index (κ3) is 1.36. The lowest BCUT2D eigenvalue weighted by Crippen LogP contribution is -2.05. The molecular formula is C11H11NO. The van der Waals surface area contributed by atoms with Crippen molar-refractivity contribution in [1.29, 1.82) is 0 Å². The minimum atomic E-state index is -0.0979. The molecule has 1 heterocycles. The SMILES string of the molecule is C=CC(N)c1ccc2occc2c1. The Balaban J connectivity index is 2.53. The summed E-state index contributed by atoms with van der Waals surface area (Å²) in [6.07, 6.45) is 3.40. The van der Waals surface area contributed by atoms with Crippen molar-refractivity contribution in [2.45, 2.75) is 6.04 Å². The fourth-order valence-electron chi connectivity index (χ4n) is 1.33. The highest BCUT2D eigenvalue weighted by molar-refractivity contribution is 5.77. The van der Waals surface area contributed by atoms with Gasteiger partial charge >= 0.3 is 0 Å². The maximum Gasteiger partial charge on any atom is 0.133 e. The van der Waals surface area contributed by atoms with Gasteiger partial charge < -0.3 is 10.2 Å². The van der Waals surface area contributed by atoms with Crippen molar-refractivity contribution in [2.24, 2.45) is 5.73 Å². The lowest BCUT2D eigenvalue weighted by molar-refractivity contribution is 0.615. The Morgan fingerprint density at radius 1 is 1.38 bits per heavy atom. The molecule has 2 aromatic rings. The molecule has 2 heteroatoms. The van der Waals surface area contributed by atoms with Gasteiger partial charge in [0.15, 0.2) is 0 Å². The van der Waals surface area contributed by atoms with E-state index in [1.807, 2.05) is 24.3 Å². The smallest absolute Gasteiger partial charge is 0.133 e. The molecule has 0 radical (unpaired) electrons. The number of furan rings is 1. The largest absolute Gasteiger partial charge is 0.464 e. The molecule has 1 aromatic heterocycles. The van der Waals surface area contributed by atoms with Crippen molar-refractivity contribution < 1.29 is 4.42 Å². The first-order valence-electron chi connectivity index (χ1n) is 4.16. The summed E-state index contributed by atoms with van der Waals surface area (Å²) in [4.78, 5) is 0. The maximum atomic E-state index is 5.81. The standard InChI is InChI=1S/C11H11NO/c1-2-10(12)8-3-4-11-9(7-8)5-6-13-11/h2-7,10H,1,12H2. The zero-order chi connectivity index (χ0) is 9.26. The van der Waals surface area contributed by atoms with Crippen LogP contribution in [0, 0.1) is 0 Å². The molecule has 2 N–H and O–H groups in total. The summed E-state index contributed by atoms with van der Waals surface area (Å²) in [6.45, 7) is 3.66. The van der Waals surface area contributed by atoms with Gasteiger partial charge in [0.05, 0.1) is 6.26 Å². The third-order valence-corrected chi connectivity index (χ3v) is 2.12. The summed E-state index contributed by atoms with van der Waals surface area (Å²) in [6, 6.07) is 7.73. The molecule has 1 atom stereocenters. The van der Waals surface area contributed by atoms with Crippen LogP contribution in [0.25, 0.3) is 11.0 Å². The normalized spacial score (nSPS) is 13.0. The number of nitrogens with two attached hydrogens (primary N) is 1. The quantitative estimate of drug-likeness (QED) is 0.709. The van der Waals surface area contributed by atoms with Gasteiger partial charge in [-0.1, -0.05) is 12.1 Å². The van der Waals surface area contributed by atoms with Crippen LogP contribution in [-0.4, -0.2) is 0 Å². The van der Waals surface area contributed by atoms with Gasteiger partial charge in [-0.2, -0.15) is 0 Å². The van der Waals surface area contributed by atoms with Crippen LogP contribution >= 0.6 is 0 Å². The third-order valence-electron chi connectivity index (χ3n) is 2.12. The van der Waals surface area contributed by atoms with Crippen LogP contribution in [-0.2, 0) is 0 Å². The Labute approximate surface area is 76.7 Å². The van der Waals surface area contributed by atoms with E-state index in [0.29, 0.717) is 0 Å². The molecule has 0 amide bonds. The average Bonchev–Trinajstić information content (AvgIpc) is 2.63. The molecule has 2 rings (SSSR count). The average molecular weight is 173 g/mol. The number of fused-ring (bicyclic) bond motifs is 1. The van der Waals surface area contributed by atoms with Crippen LogP contribution in [0.2, 0.25) is 0 Å². The maximum absolute atomic E-state index is 5.81. The lowest BCUT2D eigenvalue weighted by Gasteiger charge is -2.05. The monoisotopic (exact) mass is 173 g/mol. The van der Waals surface area contributed by atoms with E-state index >= 15 is 0 Å². The highest BCUT2D eigenvalue weighted by Crippen LogP contribution is 2.20. The molecule has 0 saturated heterocycles. The van der Waals surface area contributed by atoms with E-state index < -0.39 is 0 Å². The Bertz CT molecular complexity index is 430. The second kappa shape index (κ2) is 3.07. The van der Waals surface area contributed by atoms with E-state index in [9.17, 15) is 0 Å². The first kappa shape index (κ1) is 8.08. The van der Waals surface area contributed by atoms with E-state index in [0.717, 1.165) is 16.5 Å². The van der Waals surface area contributed by atoms with Gasteiger partial charge in [-0.25, -0.2) is 0 Å². The zero-order valence-electron chi connectivity index (χ0n) is 7.23. The fourth-order valence-corrected chi connectivity index (χ4v) is 1.33. The molecule has 0 aliphatic rings. The summed E-state index contributed by atoms with van der Waals surface area (Å²) >= 11 is 0. The van der Waals surface area contributed by atoms with E-state index in [1.165, 1.54) is 0 Å². The van der Waals surface area contributed by atoms with Gasteiger partial charge in [-0.05, 0) is 23.8 Å². The van der Waals surface area contributed by atoms with Crippen molar-refractivity contribution in [3.05, 3.63) is 48.7 Å². The van der Waals surface area contributed by atoms with E-state index in [1.54, 1.807) is 12.3 Å². The van der Waals surface area contributed by atoms with Crippen LogP contribution in [0.5, 0.6) is 0 Å². The second-order valence-electron chi connectivity index (χ2n) is 2.98. The summed E-state index contributed by atoms with van der Waals surface area (Å²) in [5.74, 6) is 0. The molecule has 2 nitrogen and oxygen atoms in total. The van der Waals surface area contributed by atoms with Crippen LogP contribution in [0.3, 0.4) is 0 Å². The second-order valence-corrected chi connectivity index (χ2v) is 2.98. The highest BCUT2D eigenvalue weighted by Gasteiger charge is 2.03. The number of rotatable bonds is 2. The first-order chi connectivity index (χ1) is 6.31. The minimum Gasteiger partial charge on any atom is -0.464 e. The Morgan fingerprint density at radius 2 is 2.23 bits per heavy atom. The number of hydrogen-bond acceptors (Lipinski definition) is 2. The predicted molar refractivity (Wildman–Crippen MR) is 53.3 cm³/mol. The molecule has 0 spiro atoms. The summed E-state index contributed by atoms with van der Waals surface area (Å²) in [7, 11) is 0. The van der Waals surface area contributed by atoms with E-state index in [-0.39, 0.29) is 6.04 Å². The fraction of sp³-hybridized carbons (Fsp3) is 0.0909.